The minimum Gasteiger partial charge on any atom is -0.481 e. The van der Waals surface area contributed by atoms with E-state index in [0.29, 0.717) is 25.7 Å². The van der Waals surface area contributed by atoms with Crippen LogP contribution in [-0.4, -0.2) is 52.4 Å². The Labute approximate surface area is 225 Å². The molecule has 0 radical (unpaired) electrons. The Morgan fingerprint density at radius 3 is 2.51 bits per heavy atom. The van der Waals surface area contributed by atoms with E-state index in [-0.39, 0.29) is 24.0 Å². The SMILES string of the molecule is CC1(C)C(=O)[C@H](C/C=C\CCCC(=O)O)[C@@H](/C=C/C(O)Cc2cc3ccccc3s2)[C@@H]1O.CCNCC. The number of unbranched alkanes of at least 4 members (excludes halogenated alkanes) is 1. The highest BCUT2D eigenvalue weighted by Gasteiger charge is 2.52. The molecule has 0 saturated heterocycles. The minimum atomic E-state index is -0.840. The molecule has 0 amide bonds. The summed E-state index contributed by atoms with van der Waals surface area (Å²) in [7, 11) is 0. The monoisotopic (exact) mass is 529 g/mol. The topological polar surface area (TPSA) is 107 Å². The van der Waals surface area contributed by atoms with Crippen LogP contribution in [-0.2, 0) is 16.0 Å². The molecule has 6 nitrogen and oxygen atoms in total. The Bertz CT molecular complexity index is 1020. The zero-order chi connectivity index (χ0) is 27.4. The van der Waals surface area contributed by atoms with Crippen LogP contribution in [0.1, 0.15) is 58.3 Å². The minimum absolute atomic E-state index is 0.0221. The van der Waals surface area contributed by atoms with Crippen LogP contribution >= 0.6 is 11.3 Å². The number of carboxylic acids is 1. The van der Waals surface area contributed by atoms with E-state index < -0.39 is 23.6 Å². The number of carboxylic acid groups (broad SMARTS) is 1. The molecule has 3 rings (SSSR count). The van der Waals surface area contributed by atoms with Crippen molar-refractivity contribution in [3.8, 4) is 0 Å². The lowest BCUT2D eigenvalue weighted by atomic mass is 9.86. The summed E-state index contributed by atoms with van der Waals surface area (Å²) in [5.41, 5.74) is -0.840. The Morgan fingerprint density at radius 1 is 1.19 bits per heavy atom. The van der Waals surface area contributed by atoms with Gasteiger partial charge in [-0.3, -0.25) is 9.59 Å². The third kappa shape index (κ3) is 9.18. The number of thiophene rings is 1. The molecule has 37 heavy (non-hydrogen) atoms. The van der Waals surface area contributed by atoms with E-state index >= 15 is 0 Å². The quantitative estimate of drug-likeness (QED) is 0.217. The number of aliphatic hydroxyl groups excluding tert-OH is 2. The van der Waals surface area contributed by atoms with Gasteiger partial charge in [0.25, 0.3) is 0 Å². The van der Waals surface area contributed by atoms with E-state index in [1.165, 1.54) is 4.70 Å². The van der Waals surface area contributed by atoms with Gasteiger partial charge in [-0.1, -0.05) is 70.2 Å². The first-order valence-electron chi connectivity index (χ1n) is 13.2. The highest BCUT2D eigenvalue weighted by atomic mass is 32.1. The predicted octanol–water partition coefficient (Wildman–Crippen LogP) is 5.38. The lowest BCUT2D eigenvalue weighted by Gasteiger charge is -2.22. The molecule has 1 aliphatic rings. The van der Waals surface area contributed by atoms with Crippen molar-refractivity contribution in [2.24, 2.45) is 17.3 Å². The molecule has 0 spiro atoms. The number of benzene rings is 1. The Balaban J connectivity index is 0.000000877. The van der Waals surface area contributed by atoms with E-state index in [2.05, 4.69) is 37.4 Å². The van der Waals surface area contributed by atoms with E-state index in [0.717, 1.165) is 23.4 Å². The number of nitrogens with one attached hydrogen (secondary N) is 1. The summed E-state index contributed by atoms with van der Waals surface area (Å²) < 4.78 is 1.19. The number of aliphatic hydroxyl groups is 2. The van der Waals surface area contributed by atoms with Crippen LogP contribution in [0.15, 0.2) is 54.6 Å². The second-order valence-corrected chi connectivity index (χ2v) is 11.2. The molecule has 1 fully saturated rings. The van der Waals surface area contributed by atoms with E-state index in [4.69, 9.17) is 5.11 Å². The number of Topliss-reactive ketones (excluding diaryl/α,β-unsaturated/α-hetero) is 1. The molecule has 7 heteroatoms. The normalized spacial score (nSPS) is 22.0. The number of ketones is 1. The van der Waals surface area contributed by atoms with Crippen LogP contribution in [0.5, 0.6) is 0 Å². The molecular formula is C30H43NO5S. The highest BCUT2D eigenvalue weighted by molar-refractivity contribution is 7.19. The Kier molecular flexibility index (Phi) is 12.7. The van der Waals surface area contributed by atoms with Crippen molar-refractivity contribution >= 4 is 33.2 Å². The van der Waals surface area contributed by atoms with Gasteiger partial charge in [0, 0.05) is 34.3 Å². The molecule has 1 saturated carbocycles. The van der Waals surface area contributed by atoms with Crippen molar-refractivity contribution in [1.82, 2.24) is 5.32 Å². The average Bonchev–Trinajstić information content (AvgIpc) is 3.33. The molecule has 0 bridgehead atoms. The first-order chi connectivity index (χ1) is 17.6. The van der Waals surface area contributed by atoms with E-state index in [1.54, 1.807) is 37.3 Å². The first-order valence-corrected chi connectivity index (χ1v) is 14.1. The molecule has 0 aliphatic heterocycles. The fourth-order valence-electron chi connectivity index (χ4n) is 4.65. The lowest BCUT2D eigenvalue weighted by Crippen LogP contribution is -2.31. The maximum atomic E-state index is 12.9. The molecule has 1 heterocycles. The van der Waals surface area contributed by atoms with Crippen LogP contribution in [0.4, 0.5) is 0 Å². The van der Waals surface area contributed by atoms with Gasteiger partial charge in [-0.05, 0) is 49.9 Å². The van der Waals surface area contributed by atoms with Crippen LogP contribution < -0.4 is 5.32 Å². The maximum absolute atomic E-state index is 12.9. The zero-order valence-electron chi connectivity index (χ0n) is 22.5. The smallest absolute Gasteiger partial charge is 0.303 e. The standard InChI is InChI=1S/C26H32O5S.C4H11N/c1-26(2)24(30)20(10-5-3-4-6-12-23(28)29)21(25(26)31)14-13-18(27)16-19-15-17-9-7-8-11-22(17)32-19;1-3-5-4-2/h3,5,7-9,11,13-15,18,20-21,25,27,31H,4,6,10,12,16H2,1-2H3,(H,28,29);5H,3-4H2,1-2H3/b5-3-,14-13+;/t18?,20-,21-,25+;/m1./s1. The van der Waals surface area contributed by atoms with Crippen molar-refractivity contribution in [3.63, 3.8) is 0 Å². The summed E-state index contributed by atoms with van der Waals surface area (Å²) in [6.07, 6.45) is 8.14. The summed E-state index contributed by atoms with van der Waals surface area (Å²) in [6.45, 7) is 9.93. The molecule has 1 unspecified atom stereocenters. The van der Waals surface area contributed by atoms with Crippen LogP contribution in [0, 0.1) is 17.3 Å². The van der Waals surface area contributed by atoms with Crippen LogP contribution in [0.25, 0.3) is 10.1 Å². The Morgan fingerprint density at radius 2 is 1.89 bits per heavy atom. The molecule has 1 aromatic heterocycles. The number of hydrogen-bond acceptors (Lipinski definition) is 6. The molecule has 1 aromatic carbocycles. The maximum Gasteiger partial charge on any atom is 0.303 e. The molecule has 1 aliphatic carbocycles. The number of allylic oxidation sites excluding steroid dienone is 2. The fraction of sp³-hybridized carbons (Fsp3) is 0.533. The second-order valence-electron chi connectivity index (χ2n) is 10.1. The zero-order valence-corrected chi connectivity index (χ0v) is 23.3. The summed E-state index contributed by atoms with van der Waals surface area (Å²) in [6, 6.07) is 10.2. The van der Waals surface area contributed by atoms with Gasteiger partial charge in [-0.2, -0.15) is 0 Å². The highest BCUT2D eigenvalue weighted by Crippen LogP contribution is 2.44. The predicted molar refractivity (Wildman–Crippen MR) is 152 cm³/mol. The van der Waals surface area contributed by atoms with Gasteiger partial charge in [0.15, 0.2) is 0 Å². The number of fused-ring (bicyclic) bond motifs is 1. The van der Waals surface area contributed by atoms with Gasteiger partial charge in [0.05, 0.1) is 17.6 Å². The van der Waals surface area contributed by atoms with Crippen molar-refractivity contribution in [1.29, 1.82) is 0 Å². The van der Waals surface area contributed by atoms with Gasteiger partial charge >= 0.3 is 5.97 Å². The summed E-state index contributed by atoms with van der Waals surface area (Å²) in [5.74, 6) is -1.51. The van der Waals surface area contributed by atoms with Crippen molar-refractivity contribution in [2.75, 3.05) is 13.1 Å². The second kappa shape index (κ2) is 15.2. The average molecular weight is 530 g/mol. The number of carbonyl (C=O) groups excluding carboxylic acids is 1. The van der Waals surface area contributed by atoms with Crippen LogP contribution in [0.3, 0.4) is 0 Å². The number of aliphatic carboxylic acids is 1. The number of hydrogen-bond donors (Lipinski definition) is 4. The summed E-state index contributed by atoms with van der Waals surface area (Å²) >= 11 is 1.66. The van der Waals surface area contributed by atoms with Gasteiger partial charge in [0.2, 0.25) is 0 Å². The summed E-state index contributed by atoms with van der Waals surface area (Å²) in [4.78, 5) is 24.6. The van der Waals surface area contributed by atoms with Gasteiger partial charge in [-0.25, -0.2) is 0 Å². The van der Waals surface area contributed by atoms with Crippen molar-refractivity contribution < 1.29 is 24.9 Å². The molecular weight excluding hydrogens is 486 g/mol. The van der Waals surface area contributed by atoms with Gasteiger partial charge in [-0.15, -0.1) is 11.3 Å². The molecule has 204 valence electrons. The fourth-order valence-corrected chi connectivity index (χ4v) is 5.77. The summed E-state index contributed by atoms with van der Waals surface area (Å²) in [5, 5.41) is 34.4. The largest absolute Gasteiger partial charge is 0.481 e. The van der Waals surface area contributed by atoms with E-state index in [1.807, 2.05) is 24.3 Å². The van der Waals surface area contributed by atoms with E-state index in [9.17, 15) is 19.8 Å². The van der Waals surface area contributed by atoms with Gasteiger partial charge < -0.3 is 20.6 Å². The number of rotatable bonds is 12. The molecule has 2 aromatic rings. The molecule has 4 atom stereocenters. The van der Waals surface area contributed by atoms with Crippen molar-refractivity contribution in [3.05, 3.63) is 59.5 Å². The third-order valence-corrected chi connectivity index (χ3v) is 7.94. The lowest BCUT2D eigenvalue weighted by molar-refractivity contribution is -0.137. The molecule has 4 N–H and O–H groups in total. The third-order valence-electron chi connectivity index (χ3n) is 6.80. The van der Waals surface area contributed by atoms with Crippen molar-refractivity contribution in [2.45, 2.75) is 72.0 Å². The first kappa shape index (κ1) is 30.9. The Hall–Kier alpha value is -2.32. The van der Waals surface area contributed by atoms with Gasteiger partial charge in [0.1, 0.15) is 5.78 Å². The number of carbonyl (C=O) groups is 2. The van der Waals surface area contributed by atoms with Crippen LogP contribution in [0.2, 0.25) is 0 Å².